The van der Waals surface area contributed by atoms with E-state index in [1.165, 1.54) is 18.4 Å². The van der Waals surface area contributed by atoms with E-state index in [0.29, 0.717) is 16.3 Å². The average molecular weight is 414 g/mol. The molecule has 1 heterocycles. The molecule has 0 spiro atoms. The summed E-state index contributed by atoms with van der Waals surface area (Å²) in [5.74, 6) is 1.48. The van der Waals surface area contributed by atoms with E-state index in [4.69, 9.17) is 4.74 Å². The van der Waals surface area contributed by atoms with Gasteiger partial charge in [-0.3, -0.25) is 4.90 Å². The zero-order chi connectivity index (χ0) is 14.1. The summed E-state index contributed by atoms with van der Waals surface area (Å²) in [4.78, 5) is 2.56. The maximum atomic E-state index is 9.97. The Morgan fingerprint density at radius 2 is 1.91 bits per heavy atom. The number of nitrogens with zero attached hydrogens (tertiary/aromatic N) is 1. The van der Waals surface area contributed by atoms with Crippen molar-refractivity contribution in [3.05, 3.63) is 22.2 Å². The van der Waals surface area contributed by atoms with Crippen LogP contribution < -0.4 is 10.1 Å². The van der Waals surface area contributed by atoms with Crippen molar-refractivity contribution in [2.24, 2.45) is 5.92 Å². The Bertz CT molecular complexity index is 495. The van der Waals surface area contributed by atoms with Crippen molar-refractivity contribution < 1.29 is 9.84 Å². The fourth-order valence-corrected chi connectivity index (χ4v) is 3.53. The lowest BCUT2D eigenvalue weighted by atomic mass is 9.99. The highest BCUT2D eigenvalue weighted by molar-refractivity contribution is 9.10. The second kappa shape index (κ2) is 8.60. The lowest BCUT2D eigenvalue weighted by Gasteiger charge is -2.35. The molecule has 0 bridgehead atoms. The van der Waals surface area contributed by atoms with Gasteiger partial charge in [0.15, 0.2) is 11.5 Å². The van der Waals surface area contributed by atoms with E-state index in [1.807, 2.05) is 12.1 Å². The summed E-state index contributed by atoms with van der Waals surface area (Å²) in [5, 5.41) is 13.4. The standard InChI is InChI=1S/C15H21BrN2O2.2ClH/c1-20-13-9-11(8-12(16)15(13)19)14(10-2-3-10)18-6-4-17-5-7-18;;/h8-10,14,17,19H,2-7H2,1H3;2*1H/t14-;;/m0../s1. The van der Waals surface area contributed by atoms with E-state index in [1.54, 1.807) is 7.11 Å². The highest BCUT2D eigenvalue weighted by Crippen LogP contribution is 2.47. The summed E-state index contributed by atoms with van der Waals surface area (Å²) < 4.78 is 6.01. The third-order valence-corrected chi connectivity index (χ3v) is 4.83. The van der Waals surface area contributed by atoms with E-state index >= 15 is 0 Å². The lowest BCUT2D eigenvalue weighted by Crippen LogP contribution is -2.45. The van der Waals surface area contributed by atoms with Crippen LogP contribution in [-0.4, -0.2) is 43.3 Å². The third kappa shape index (κ3) is 4.20. The summed E-state index contributed by atoms with van der Waals surface area (Å²) in [6, 6.07) is 4.48. The number of rotatable bonds is 4. The Balaban J connectivity index is 0.00000121. The molecule has 2 N–H and O–H groups in total. The highest BCUT2D eigenvalue weighted by Gasteiger charge is 2.37. The summed E-state index contributed by atoms with van der Waals surface area (Å²) in [5.41, 5.74) is 1.25. The number of ether oxygens (including phenoxy) is 1. The number of halogens is 3. The number of piperazine rings is 1. The first-order valence-corrected chi connectivity index (χ1v) is 8.01. The normalized spacial score (nSPS) is 19.7. The van der Waals surface area contributed by atoms with Crippen molar-refractivity contribution in [3.8, 4) is 11.5 Å². The number of nitrogens with one attached hydrogen (secondary N) is 1. The van der Waals surface area contributed by atoms with E-state index in [9.17, 15) is 5.11 Å². The van der Waals surface area contributed by atoms with Gasteiger partial charge in [-0.05, 0) is 52.4 Å². The van der Waals surface area contributed by atoms with Gasteiger partial charge in [-0.25, -0.2) is 0 Å². The molecule has 22 heavy (non-hydrogen) atoms. The molecule has 2 fully saturated rings. The molecule has 1 saturated heterocycles. The number of methoxy groups -OCH3 is 1. The third-order valence-electron chi connectivity index (χ3n) is 4.23. The molecular formula is C15H23BrCl2N2O2. The molecule has 0 aromatic heterocycles. The van der Waals surface area contributed by atoms with Gasteiger partial charge in [-0.1, -0.05) is 0 Å². The van der Waals surface area contributed by atoms with Crippen molar-refractivity contribution in [2.45, 2.75) is 18.9 Å². The molecule has 3 rings (SSSR count). The van der Waals surface area contributed by atoms with Crippen LogP contribution in [0.5, 0.6) is 11.5 Å². The van der Waals surface area contributed by atoms with E-state index < -0.39 is 0 Å². The smallest absolute Gasteiger partial charge is 0.172 e. The van der Waals surface area contributed by atoms with Gasteiger partial charge in [0, 0.05) is 32.2 Å². The first-order valence-electron chi connectivity index (χ1n) is 7.22. The van der Waals surface area contributed by atoms with Crippen LogP contribution >= 0.6 is 40.7 Å². The maximum absolute atomic E-state index is 9.97. The van der Waals surface area contributed by atoms with E-state index in [2.05, 4.69) is 26.1 Å². The highest BCUT2D eigenvalue weighted by atomic mass is 79.9. The molecule has 1 aliphatic heterocycles. The van der Waals surface area contributed by atoms with Crippen molar-refractivity contribution >= 4 is 40.7 Å². The van der Waals surface area contributed by atoms with Gasteiger partial charge in [0.05, 0.1) is 11.6 Å². The molecule has 1 saturated carbocycles. The van der Waals surface area contributed by atoms with Crippen LogP contribution in [0, 0.1) is 5.92 Å². The van der Waals surface area contributed by atoms with Gasteiger partial charge in [0.25, 0.3) is 0 Å². The number of phenolic OH excluding ortho intramolecular Hbond substituents is 1. The number of phenols is 1. The van der Waals surface area contributed by atoms with Crippen LogP contribution in [-0.2, 0) is 0 Å². The predicted octanol–water partition coefficient (Wildman–Crippen LogP) is 3.36. The van der Waals surface area contributed by atoms with Gasteiger partial charge < -0.3 is 15.2 Å². The first kappa shape index (κ1) is 19.8. The molecule has 1 aromatic carbocycles. The monoisotopic (exact) mass is 412 g/mol. The van der Waals surface area contributed by atoms with Crippen molar-refractivity contribution in [2.75, 3.05) is 33.3 Å². The molecular weight excluding hydrogens is 391 g/mol. The summed E-state index contributed by atoms with van der Waals surface area (Å²) in [6.07, 6.45) is 2.60. The summed E-state index contributed by atoms with van der Waals surface area (Å²) in [7, 11) is 1.60. The Labute approximate surface area is 152 Å². The Hall–Kier alpha value is -0.200. The minimum Gasteiger partial charge on any atom is -0.503 e. The molecule has 0 unspecified atom stereocenters. The minimum absolute atomic E-state index is 0. The number of hydrogen-bond acceptors (Lipinski definition) is 4. The Morgan fingerprint density at radius 1 is 1.27 bits per heavy atom. The predicted molar refractivity (Wildman–Crippen MR) is 96.8 cm³/mol. The minimum atomic E-state index is 0. The number of aromatic hydroxyl groups is 1. The maximum Gasteiger partial charge on any atom is 0.172 e. The molecule has 0 amide bonds. The van der Waals surface area contributed by atoms with Crippen LogP contribution in [0.1, 0.15) is 24.4 Å². The molecule has 0 radical (unpaired) electrons. The van der Waals surface area contributed by atoms with Crippen LogP contribution in [0.25, 0.3) is 0 Å². The van der Waals surface area contributed by atoms with E-state index in [-0.39, 0.29) is 30.6 Å². The first-order chi connectivity index (χ1) is 9.70. The average Bonchev–Trinajstić information content (AvgIpc) is 3.28. The Morgan fingerprint density at radius 3 is 2.45 bits per heavy atom. The fourth-order valence-electron chi connectivity index (χ4n) is 3.07. The van der Waals surface area contributed by atoms with Gasteiger partial charge in [0.2, 0.25) is 0 Å². The van der Waals surface area contributed by atoms with Crippen LogP contribution in [0.2, 0.25) is 0 Å². The SMILES string of the molecule is COc1cc([C@H](C2CC2)N2CCNCC2)cc(Br)c1O.Cl.Cl. The largest absolute Gasteiger partial charge is 0.503 e. The van der Waals surface area contributed by atoms with Gasteiger partial charge in [-0.2, -0.15) is 0 Å². The van der Waals surface area contributed by atoms with Gasteiger partial charge in [-0.15, -0.1) is 24.8 Å². The van der Waals surface area contributed by atoms with Crippen LogP contribution in [0.3, 0.4) is 0 Å². The molecule has 1 aliphatic carbocycles. The molecule has 7 heteroatoms. The van der Waals surface area contributed by atoms with Crippen molar-refractivity contribution in [3.63, 3.8) is 0 Å². The molecule has 1 atom stereocenters. The molecule has 1 aromatic rings. The molecule has 4 nitrogen and oxygen atoms in total. The summed E-state index contributed by atoms with van der Waals surface area (Å²) in [6.45, 7) is 4.28. The fraction of sp³-hybridized carbons (Fsp3) is 0.600. The van der Waals surface area contributed by atoms with Crippen LogP contribution in [0.4, 0.5) is 0 Å². The zero-order valence-electron chi connectivity index (χ0n) is 12.5. The van der Waals surface area contributed by atoms with Crippen molar-refractivity contribution in [1.82, 2.24) is 10.2 Å². The van der Waals surface area contributed by atoms with Crippen LogP contribution in [0.15, 0.2) is 16.6 Å². The number of benzene rings is 1. The Kier molecular flexibility index (Phi) is 7.75. The van der Waals surface area contributed by atoms with E-state index in [0.717, 1.165) is 32.1 Å². The molecule has 126 valence electrons. The zero-order valence-corrected chi connectivity index (χ0v) is 15.8. The quantitative estimate of drug-likeness (QED) is 0.794. The van der Waals surface area contributed by atoms with Gasteiger partial charge >= 0.3 is 0 Å². The number of hydrogen-bond donors (Lipinski definition) is 2. The van der Waals surface area contributed by atoms with Gasteiger partial charge in [0.1, 0.15) is 0 Å². The lowest BCUT2D eigenvalue weighted by molar-refractivity contribution is 0.156. The second-order valence-electron chi connectivity index (χ2n) is 5.62. The second-order valence-corrected chi connectivity index (χ2v) is 6.48. The topological polar surface area (TPSA) is 44.7 Å². The molecule has 2 aliphatic rings. The van der Waals surface area contributed by atoms with Crippen molar-refractivity contribution in [1.29, 1.82) is 0 Å². The summed E-state index contributed by atoms with van der Waals surface area (Å²) >= 11 is 3.44.